The summed E-state index contributed by atoms with van der Waals surface area (Å²) < 4.78 is 2.24. The monoisotopic (exact) mass is 351 g/mol. The number of nitrogens with one attached hydrogen (secondary N) is 1. The molecule has 6 nitrogen and oxygen atoms in total. The van der Waals surface area contributed by atoms with Crippen LogP contribution in [0.25, 0.3) is 0 Å². The largest absolute Gasteiger partial charge is 0.342 e. The molecular formula is C20H25N5O. The van der Waals surface area contributed by atoms with Gasteiger partial charge in [0.25, 0.3) is 0 Å². The molecule has 0 aromatic carbocycles. The van der Waals surface area contributed by atoms with Gasteiger partial charge >= 0.3 is 0 Å². The van der Waals surface area contributed by atoms with E-state index >= 15 is 0 Å². The molecule has 136 valence electrons. The lowest BCUT2D eigenvalue weighted by atomic mass is 9.95. The number of fused-ring (bicyclic) bond motifs is 1. The molecule has 2 saturated heterocycles. The third-order valence-electron chi connectivity index (χ3n) is 6.40. The number of aromatic nitrogens is 3. The molecule has 0 bridgehead atoms. The molecule has 6 heteroatoms. The maximum atomic E-state index is 12.7. The molecule has 1 amide bonds. The van der Waals surface area contributed by atoms with Crippen molar-refractivity contribution in [2.45, 2.75) is 25.3 Å². The molecule has 1 saturated carbocycles. The molecule has 5 rings (SSSR count). The van der Waals surface area contributed by atoms with Crippen LogP contribution in [0.1, 0.15) is 30.1 Å². The highest BCUT2D eigenvalue weighted by Crippen LogP contribution is 2.50. The Morgan fingerprint density at radius 3 is 2.58 bits per heavy atom. The molecule has 1 aliphatic carbocycles. The summed E-state index contributed by atoms with van der Waals surface area (Å²) >= 11 is 0. The van der Waals surface area contributed by atoms with Crippen molar-refractivity contribution in [1.82, 2.24) is 24.8 Å². The number of hydrogen-bond acceptors (Lipinski definition) is 4. The Morgan fingerprint density at radius 1 is 1.12 bits per heavy atom. The van der Waals surface area contributed by atoms with Crippen LogP contribution in [-0.4, -0.2) is 51.5 Å². The second kappa shape index (κ2) is 6.50. The molecule has 2 atom stereocenters. The van der Waals surface area contributed by atoms with Gasteiger partial charge in [-0.3, -0.25) is 9.78 Å². The summed E-state index contributed by atoms with van der Waals surface area (Å²) in [5.41, 5.74) is 1.24. The predicted molar refractivity (Wildman–Crippen MR) is 97.5 cm³/mol. The van der Waals surface area contributed by atoms with Crippen LogP contribution in [0.4, 0.5) is 0 Å². The number of piperidine rings is 2. The van der Waals surface area contributed by atoms with E-state index in [1.165, 1.54) is 5.56 Å². The first-order valence-corrected chi connectivity index (χ1v) is 9.70. The molecule has 3 fully saturated rings. The average Bonchev–Trinajstić information content (AvgIpc) is 3.03. The fourth-order valence-corrected chi connectivity index (χ4v) is 4.85. The topological polar surface area (TPSA) is 63.1 Å². The highest BCUT2D eigenvalue weighted by molar-refractivity contribution is 5.82. The minimum Gasteiger partial charge on any atom is -0.342 e. The molecule has 0 radical (unpaired) electrons. The number of rotatable bonds is 4. The average molecular weight is 351 g/mol. The minimum atomic E-state index is 0.307. The fourth-order valence-electron chi connectivity index (χ4n) is 4.85. The zero-order valence-corrected chi connectivity index (χ0v) is 14.9. The molecule has 2 unspecified atom stereocenters. The number of amides is 1. The summed E-state index contributed by atoms with van der Waals surface area (Å²) in [5, 5.41) is 3.38. The third-order valence-corrected chi connectivity index (χ3v) is 6.40. The van der Waals surface area contributed by atoms with E-state index in [9.17, 15) is 4.79 Å². The molecule has 26 heavy (non-hydrogen) atoms. The Labute approximate surface area is 153 Å². The van der Waals surface area contributed by atoms with Crippen molar-refractivity contribution in [2.75, 3.05) is 26.2 Å². The number of imidazole rings is 1. The standard InChI is InChI=1S/C20H25N5O/c26-20(18-16-11-22-12-17(16)18)24-8-3-15(4-9-24)19-23-7-10-25(19)13-14-1-5-21-6-2-14/h1-2,5-7,10,15-18,22H,3-4,8-9,11-13H2. The molecule has 2 aromatic heterocycles. The van der Waals surface area contributed by atoms with Crippen molar-refractivity contribution < 1.29 is 4.79 Å². The molecule has 1 N–H and O–H groups in total. The van der Waals surface area contributed by atoms with Crippen LogP contribution in [-0.2, 0) is 11.3 Å². The SMILES string of the molecule is O=C(C1C2CNCC21)N1CCC(c2nccn2Cc2ccncc2)CC1. The van der Waals surface area contributed by atoms with E-state index < -0.39 is 0 Å². The van der Waals surface area contributed by atoms with Crippen LogP contribution in [0.15, 0.2) is 36.9 Å². The van der Waals surface area contributed by atoms with Crippen molar-refractivity contribution in [1.29, 1.82) is 0 Å². The predicted octanol–water partition coefficient (Wildman–Crippen LogP) is 1.50. The van der Waals surface area contributed by atoms with Crippen LogP contribution in [0.3, 0.4) is 0 Å². The molecule has 3 aliphatic rings. The van der Waals surface area contributed by atoms with Crippen LogP contribution >= 0.6 is 0 Å². The number of carbonyl (C=O) groups is 1. The zero-order chi connectivity index (χ0) is 17.5. The van der Waals surface area contributed by atoms with Gasteiger partial charge in [-0.05, 0) is 55.5 Å². The number of hydrogen-bond donors (Lipinski definition) is 1. The molecule has 2 aliphatic heterocycles. The summed E-state index contributed by atoms with van der Waals surface area (Å²) in [7, 11) is 0. The summed E-state index contributed by atoms with van der Waals surface area (Å²) in [6.07, 6.45) is 9.65. The Morgan fingerprint density at radius 2 is 1.85 bits per heavy atom. The van der Waals surface area contributed by atoms with Crippen molar-refractivity contribution >= 4 is 5.91 Å². The number of nitrogens with zero attached hydrogens (tertiary/aromatic N) is 4. The first kappa shape index (κ1) is 16.0. The van der Waals surface area contributed by atoms with Crippen LogP contribution in [0, 0.1) is 17.8 Å². The van der Waals surface area contributed by atoms with E-state index in [0.29, 0.717) is 29.6 Å². The van der Waals surface area contributed by atoms with Crippen LogP contribution in [0.2, 0.25) is 0 Å². The molecule has 4 heterocycles. The van der Waals surface area contributed by atoms with Gasteiger partial charge in [0.2, 0.25) is 5.91 Å². The number of likely N-dealkylation sites (tertiary alicyclic amines) is 1. The van der Waals surface area contributed by atoms with E-state index in [2.05, 4.69) is 30.9 Å². The van der Waals surface area contributed by atoms with Gasteiger partial charge in [-0.25, -0.2) is 4.98 Å². The van der Waals surface area contributed by atoms with Gasteiger partial charge in [-0.2, -0.15) is 0 Å². The smallest absolute Gasteiger partial charge is 0.226 e. The first-order chi connectivity index (χ1) is 12.8. The minimum absolute atomic E-state index is 0.307. The van der Waals surface area contributed by atoms with Gasteiger partial charge in [0.1, 0.15) is 5.82 Å². The van der Waals surface area contributed by atoms with Gasteiger partial charge < -0.3 is 14.8 Å². The Bertz CT molecular complexity index is 771. The second-order valence-corrected chi connectivity index (χ2v) is 7.88. The summed E-state index contributed by atoms with van der Waals surface area (Å²) in [4.78, 5) is 23.6. The van der Waals surface area contributed by atoms with Crippen LogP contribution < -0.4 is 5.32 Å². The Kier molecular flexibility index (Phi) is 4.00. The van der Waals surface area contributed by atoms with Crippen molar-refractivity contribution in [2.24, 2.45) is 17.8 Å². The Hall–Kier alpha value is -2.21. The van der Waals surface area contributed by atoms with Gasteiger partial charge in [-0.1, -0.05) is 0 Å². The third kappa shape index (κ3) is 2.82. The van der Waals surface area contributed by atoms with E-state index in [4.69, 9.17) is 0 Å². The highest BCUT2D eigenvalue weighted by Gasteiger charge is 2.57. The van der Waals surface area contributed by atoms with E-state index in [0.717, 1.165) is 51.4 Å². The molecule has 2 aromatic rings. The maximum absolute atomic E-state index is 12.7. The number of pyridine rings is 1. The zero-order valence-electron chi connectivity index (χ0n) is 14.9. The summed E-state index contributed by atoms with van der Waals surface area (Å²) in [6, 6.07) is 4.10. The van der Waals surface area contributed by atoms with E-state index in [1.807, 2.05) is 30.7 Å². The normalized spacial score (nSPS) is 28.2. The van der Waals surface area contributed by atoms with Crippen molar-refractivity contribution in [3.8, 4) is 0 Å². The number of carbonyl (C=O) groups excluding carboxylic acids is 1. The lowest BCUT2D eigenvalue weighted by Gasteiger charge is -2.32. The van der Waals surface area contributed by atoms with Gasteiger partial charge in [0.15, 0.2) is 0 Å². The fraction of sp³-hybridized carbons (Fsp3) is 0.550. The summed E-state index contributed by atoms with van der Waals surface area (Å²) in [6.45, 7) is 4.63. The maximum Gasteiger partial charge on any atom is 0.226 e. The quantitative estimate of drug-likeness (QED) is 0.907. The van der Waals surface area contributed by atoms with Crippen molar-refractivity contribution in [3.05, 3.63) is 48.3 Å². The summed E-state index contributed by atoms with van der Waals surface area (Å²) in [5.74, 6) is 3.53. The van der Waals surface area contributed by atoms with E-state index in [-0.39, 0.29) is 0 Å². The Balaban J connectivity index is 1.21. The second-order valence-electron chi connectivity index (χ2n) is 7.88. The van der Waals surface area contributed by atoms with E-state index in [1.54, 1.807) is 0 Å². The van der Waals surface area contributed by atoms with Gasteiger partial charge in [-0.15, -0.1) is 0 Å². The highest BCUT2D eigenvalue weighted by atomic mass is 16.2. The van der Waals surface area contributed by atoms with Gasteiger partial charge in [0, 0.05) is 56.3 Å². The van der Waals surface area contributed by atoms with Gasteiger partial charge in [0.05, 0.1) is 0 Å². The van der Waals surface area contributed by atoms with Crippen molar-refractivity contribution in [3.63, 3.8) is 0 Å². The van der Waals surface area contributed by atoms with Crippen LogP contribution in [0.5, 0.6) is 0 Å². The lowest BCUT2D eigenvalue weighted by molar-refractivity contribution is -0.134. The molecule has 0 spiro atoms. The first-order valence-electron chi connectivity index (χ1n) is 9.70. The molecular weight excluding hydrogens is 326 g/mol. The lowest BCUT2D eigenvalue weighted by Crippen LogP contribution is -2.40.